The lowest BCUT2D eigenvalue weighted by Gasteiger charge is -2.03. The van der Waals surface area contributed by atoms with Crippen LogP contribution < -0.4 is 0 Å². The van der Waals surface area contributed by atoms with E-state index in [2.05, 4.69) is 0 Å². The molecule has 0 aromatic carbocycles. The van der Waals surface area contributed by atoms with Crippen LogP contribution in [0.4, 0.5) is 0 Å². The minimum Gasteiger partial charge on any atom is -0.382 e. The molecule has 0 bridgehead atoms. The zero-order chi connectivity index (χ0) is 12.4. The fourth-order valence-corrected chi connectivity index (χ4v) is 1.91. The molecule has 0 saturated heterocycles. The van der Waals surface area contributed by atoms with Gasteiger partial charge in [0.15, 0.2) is 5.78 Å². The molecule has 0 aliphatic heterocycles. The lowest BCUT2D eigenvalue weighted by molar-refractivity contribution is -0.124. The highest BCUT2D eigenvalue weighted by Gasteiger charge is 2.09. The van der Waals surface area contributed by atoms with E-state index in [-0.39, 0.29) is 30.3 Å². The first-order chi connectivity index (χ1) is 7.52. The van der Waals surface area contributed by atoms with E-state index in [0.717, 1.165) is 0 Å². The van der Waals surface area contributed by atoms with E-state index >= 15 is 0 Å². The Morgan fingerprint density at radius 1 is 1.25 bits per heavy atom. The highest BCUT2D eigenvalue weighted by molar-refractivity contribution is 7.91. The molecule has 96 valence electrons. The number of rotatable bonds is 10. The highest BCUT2D eigenvalue weighted by atomic mass is 32.2. The summed E-state index contributed by atoms with van der Waals surface area (Å²) in [7, 11) is -1.40. The summed E-state index contributed by atoms with van der Waals surface area (Å²) in [6, 6.07) is 0. The van der Waals surface area contributed by atoms with E-state index in [1.807, 2.05) is 0 Å². The lowest BCUT2D eigenvalue weighted by atomic mass is 10.2. The van der Waals surface area contributed by atoms with E-state index in [1.54, 1.807) is 14.0 Å². The second kappa shape index (κ2) is 8.66. The van der Waals surface area contributed by atoms with Crippen LogP contribution in [0.5, 0.6) is 0 Å². The van der Waals surface area contributed by atoms with Crippen molar-refractivity contribution in [2.45, 2.75) is 19.8 Å². The second-order valence-electron chi connectivity index (χ2n) is 3.42. The standard InChI is InChI=1S/C10H20O5S/c1-3-16(12,13)8-4-5-10(11)9-15-7-6-14-2/h3-9H2,1-2H3. The Labute approximate surface area is 97.0 Å². The Morgan fingerprint density at radius 2 is 1.94 bits per heavy atom. The third kappa shape index (κ3) is 8.82. The van der Waals surface area contributed by atoms with Crippen LogP contribution in [-0.2, 0) is 24.1 Å². The summed E-state index contributed by atoms with van der Waals surface area (Å²) in [5, 5.41) is 0. The van der Waals surface area contributed by atoms with Gasteiger partial charge in [0.2, 0.25) is 0 Å². The molecule has 0 aliphatic rings. The Morgan fingerprint density at radius 3 is 2.50 bits per heavy atom. The molecule has 5 nitrogen and oxygen atoms in total. The first-order valence-electron chi connectivity index (χ1n) is 5.30. The molecule has 0 saturated carbocycles. The van der Waals surface area contributed by atoms with Crippen molar-refractivity contribution in [1.29, 1.82) is 0 Å². The minimum absolute atomic E-state index is 0.0372. The summed E-state index contributed by atoms with van der Waals surface area (Å²) in [6.07, 6.45) is 0.634. The predicted molar refractivity (Wildman–Crippen MR) is 61.3 cm³/mol. The monoisotopic (exact) mass is 252 g/mol. The smallest absolute Gasteiger partial charge is 0.158 e. The fraction of sp³-hybridized carbons (Fsp3) is 0.900. The van der Waals surface area contributed by atoms with E-state index < -0.39 is 9.84 Å². The average Bonchev–Trinajstić information content (AvgIpc) is 2.24. The average molecular weight is 252 g/mol. The van der Waals surface area contributed by atoms with Crippen LogP contribution in [0.1, 0.15) is 19.8 Å². The van der Waals surface area contributed by atoms with Gasteiger partial charge in [-0.25, -0.2) is 8.42 Å². The van der Waals surface area contributed by atoms with Crippen molar-refractivity contribution in [1.82, 2.24) is 0 Å². The van der Waals surface area contributed by atoms with E-state index in [0.29, 0.717) is 19.6 Å². The maximum Gasteiger partial charge on any atom is 0.158 e. The predicted octanol–water partition coefficient (Wildman–Crippen LogP) is 0.433. The zero-order valence-electron chi connectivity index (χ0n) is 9.90. The van der Waals surface area contributed by atoms with E-state index in [9.17, 15) is 13.2 Å². The van der Waals surface area contributed by atoms with Crippen molar-refractivity contribution < 1.29 is 22.7 Å². The van der Waals surface area contributed by atoms with Crippen LogP contribution in [0.25, 0.3) is 0 Å². The summed E-state index contributed by atoms with van der Waals surface area (Å²) in [5.41, 5.74) is 0. The SMILES string of the molecule is CCS(=O)(=O)CCCC(=O)COCCOC. The van der Waals surface area contributed by atoms with Crippen LogP contribution in [0.15, 0.2) is 0 Å². The molecule has 6 heteroatoms. The van der Waals surface area contributed by atoms with Crippen LogP contribution in [0.2, 0.25) is 0 Å². The zero-order valence-corrected chi connectivity index (χ0v) is 10.7. The van der Waals surface area contributed by atoms with Gasteiger partial charge in [0, 0.05) is 19.3 Å². The van der Waals surface area contributed by atoms with Crippen LogP contribution in [0, 0.1) is 0 Å². The number of carbonyl (C=O) groups is 1. The minimum atomic E-state index is -2.96. The lowest BCUT2D eigenvalue weighted by Crippen LogP contribution is -2.14. The maximum atomic E-state index is 11.2. The van der Waals surface area contributed by atoms with Gasteiger partial charge in [0.1, 0.15) is 16.4 Å². The quantitative estimate of drug-likeness (QED) is 0.527. The molecule has 0 heterocycles. The van der Waals surface area contributed by atoms with Crippen molar-refractivity contribution in [2.75, 3.05) is 38.4 Å². The highest BCUT2D eigenvalue weighted by Crippen LogP contribution is 1.98. The number of methoxy groups -OCH3 is 1. The summed E-state index contributed by atoms with van der Waals surface area (Å²) in [5.74, 6) is 0.140. The van der Waals surface area contributed by atoms with Crippen LogP contribution >= 0.6 is 0 Å². The molecule has 0 rings (SSSR count). The third-order valence-electron chi connectivity index (χ3n) is 2.05. The van der Waals surface area contributed by atoms with Crippen molar-refractivity contribution in [3.8, 4) is 0 Å². The molecule has 0 aromatic rings. The van der Waals surface area contributed by atoms with Crippen LogP contribution in [-0.4, -0.2) is 52.6 Å². The molecule has 0 N–H and O–H groups in total. The number of ketones is 1. The number of carbonyl (C=O) groups excluding carboxylic acids is 1. The summed E-state index contributed by atoms with van der Waals surface area (Å²) in [4.78, 5) is 11.2. The van der Waals surface area contributed by atoms with E-state index in [1.165, 1.54) is 0 Å². The fourth-order valence-electron chi connectivity index (χ4n) is 1.03. The van der Waals surface area contributed by atoms with Gasteiger partial charge in [0.25, 0.3) is 0 Å². The van der Waals surface area contributed by atoms with Gasteiger partial charge in [-0.2, -0.15) is 0 Å². The Kier molecular flexibility index (Phi) is 8.42. The first-order valence-corrected chi connectivity index (χ1v) is 7.12. The number of hydrogen-bond donors (Lipinski definition) is 0. The number of hydrogen-bond acceptors (Lipinski definition) is 5. The van der Waals surface area contributed by atoms with Crippen molar-refractivity contribution in [3.05, 3.63) is 0 Å². The molecule has 0 unspecified atom stereocenters. The molecular weight excluding hydrogens is 232 g/mol. The molecule has 16 heavy (non-hydrogen) atoms. The molecular formula is C10H20O5S. The number of Topliss-reactive ketones (excluding diaryl/α,β-unsaturated/α-hetero) is 1. The van der Waals surface area contributed by atoms with Crippen LogP contribution in [0.3, 0.4) is 0 Å². The summed E-state index contributed by atoms with van der Waals surface area (Å²) < 4.78 is 32.0. The maximum absolute atomic E-state index is 11.2. The van der Waals surface area contributed by atoms with Gasteiger partial charge in [-0.15, -0.1) is 0 Å². The first kappa shape index (κ1) is 15.5. The molecule has 0 spiro atoms. The van der Waals surface area contributed by atoms with Gasteiger partial charge in [0.05, 0.1) is 19.0 Å². The Hall–Kier alpha value is -0.460. The molecule has 0 fully saturated rings. The molecule has 0 aliphatic carbocycles. The van der Waals surface area contributed by atoms with Gasteiger partial charge in [-0.1, -0.05) is 6.92 Å². The molecule has 0 atom stereocenters. The normalized spacial score (nSPS) is 11.6. The molecule has 0 amide bonds. The number of sulfone groups is 1. The number of ether oxygens (including phenoxy) is 2. The third-order valence-corrected chi connectivity index (χ3v) is 3.84. The summed E-state index contributed by atoms with van der Waals surface area (Å²) in [6.45, 7) is 2.48. The summed E-state index contributed by atoms with van der Waals surface area (Å²) >= 11 is 0. The van der Waals surface area contributed by atoms with Gasteiger partial charge in [-0.3, -0.25) is 4.79 Å². The van der Waals surface area contributed by atoms with Gasteiger partial charge < -0.3 is 9.47 Å². The van der Waals surface area contributed by atoms with Crippen molar-refractivity contribution in [2.24, 2.45) is 0 Å². The van der Waals surface area contributed by atoms with E-state index in [4.69, 9.17) is 9.47 Å². The van der Waals surface area contributed by atoms with Crippen molar-refractivity contribution >= 4 is 15.6 Å². The van der Waals surface area contributed by atoms with Gasteiger partial charge >= 0.3 is 0 Å². The molecule has 0 radical (unpaired) electrons. The Bertz CT molecular complexity index is 284. The largest absolute Gasteiger partial charge is 0.382 e. The van der Waals surface area contributed by atoms with Gasteiger partial charge in [-0.05, 0) is 6.42 Å². The molecule has 0 aromatic heterocycles. The second-order valence-corrected chi connectivity index (χ2v) is 5.90. The topological polar surface area (TPSA) is 69.7 Å². The van der Waals surface area contributed by atoms with Crippen molar-refractivity contribution in [3.63, 3.8) is 0 Å². The Balaban J connectivity index is 3.51.